The Morgan fingerprint density at radius 1 is 1.33 bits per heavy atom. The standard InChI is InChI=1S/C12H9ClF5N3O2S/c1-2-23-8(22)5-24-12(17,18)10-20-19-9-7(13)3-6(4-21(9)10)11(14,15)16/h3-4H,2,5H2,1H3. The van der Waals surface area contributed by atoms with Crippen molar-refractivity contribution in [1.82, 2.24) is 14.6 Å². The van der Waals surface area contributed by atoms with Crippen LogP contribution in [-0.2, 0) is 21.0 Å². The van der Waals surface area contributed by atoms with Crippen molar-refractivity contribution in [2.45, 2.75) is 18.4 Å². The average molecular weight is 390 g/mol. The normalized spacial score (nSPS) is 12.6. The van der Waals surface area contributed by atoms with Gasteiger partial charge in [-0.3, -0.25) is 9.20 Å². The highest BCUT2D eigenvalue weighted by molar-refractivity contribution is 8.00. The molecule has 0 bridgehead atoms. The lowest BCUT2D eigenvalue weighted by Crippen LogP contribution is -2.18. The molecule has 0 radical (unpaired) electrons. The van der Waals surface area contributed by atoms with Crippen LogP contribution in [0.2, 0.25) is 5.02 Å². The molecule has 0 unspecified atom stereocenters. The first-order chi connectivity index (χ1) is 11.1. The molecule has 2 heterocycles. The molecule has 0 spiro atoms. The number of nitrogens with zero attached hydrogens (tertiary/aromatic N) is 3. The fraction of sp³-hybridized carbons (Fsp3) is 0.417. The van der Waals surface area contributed by atoms with Gasteiger partial charge in [0.15, 0.2) is 5.65 Å². The van der Waals surface area contributed by atoms with E-state index < -0.39 is 39.6 Å². The molecule has 0 saturated heterocycles. The molecular weight excluding hydrogens is 381 g/mol. The molecule has 0 aromatic carbocycles. The van der Waals surface area contributed by atoms with Gasteiger partial charge in [-0.05, 0) is 13.0 Å². The Bertz CT molecular complexity index is 765. The number of pyridine rings is 1. The fourth-order valence-electron chi connectivity index (χ4n) is 1.72. The van der Waals surface area contributed by atoms with Gasteiger partial charge in [0.25, 0.3) is 0 Å². The molecule has 0 aliphatic carbocycles. The molecule has 0 fully saturated rings. The third-order valence-corrected chi connectivity index (χ3v) is 3.93. The summed E-state index contributed by atoms with van der Waals surface area (Å²) >= 11 is 5.51. The van der Waals surface area contributed by atoms with E-state index in [0.29, 0.717) is 16.7 Å². The molecule has 132 valence electrons. The van der Waals surface area contributed by atoms with Crippen molar-refractivity contribution in [3.8, 4) is 0 Å². The molecule has 2 rings (SSSR count). The van der Waals surface area contributed by atoms with Crippen LogP contribution >= 0.6 is 23.4 Å². The highest BCUT2D eigenvalue weighted by atomic mass is 35.5. The minimum Gasteiger partial charge on any atom is -0.465 e. The zero-order valence-corrected chi connectivity index (χ0v) is 13.5. The van der Waals surface area contributed by atoms with Gasteiger partial charge in [-0.2, -0.15) is 22.0 Å². The Morgan fingerprint density at radius 3 is 2.58 bits per heavy atom. The number of thioether (sulfide) groups is 1. The van der Waals surface area contributed by atoms with Crippen molar-refractivity contribution in [3.63, 3.8) is 0 Å². The number of carbonyl (C=O) groups excluding carboxylic acids is 1. The Hall–Kier alpha value is -1.62. The summed E-state index contributed by atoms with van der Waals surface area (Å²) in [5.74, 6) is -2.66. The van der Waals surface area contributed by atoms with E-state index in [2.05, 4.69) is 14.9 Å². The van der Waals surface area contributed by atoms with E-state index in [1.165, 1.54) is 6.92 Å². The zero-order valence-electron chi connectivity index (χ0n) is 11.9. The number of esters is 1. The van der Waals surface area contributed by atoms with E-state index in [1.54, 1.807) is 0 Å². The number of carbonyl (C=O) groups is 1. The second-order valence-electron chi connectivity index (χ2n) is 4.40. The van der Waals surface area contributed by atoms with Crippen LogP contribution in [0.3, 0.4) is 0 Å². The molecule has 0 N–H and O–H groups in total. The van der Waals surface area contributed by atoms with Gasteiger partial charge >= 0.3 is 17.4 Å². The molecule has 0 aliphatic heterocycles. The molecule has 0 amide bonds. The highest BCUT2D eigenvalue weighted by Crippen LogP contribution is 2.40. The number of hydrogen-bond acceptors (Lipinski definition) is 5. The first kappa shape index (κ1) is 18.7. The topological polar surface area (TPSA) is 56.5 Å². The number of rotatable bonds is 5. The van der Waals surface area contributed by atoms with E-state index in [4.69, 9.17) is 11.6 Å². The van der Waals surface area contributed by atoms with Crippen molar-refractivity contribution in [3.05, 3.63) is 28.7 Å². The Morgan fingerprint density at radius 2 is 2.00 bits per heavy atom. The van der Waals surface area contributed by atoms with Crippen molar-refractivity contribution in [2.75, 3.05) is 12.4 Å². The summed E-state index contributed by atoms with van der Waals surface area (Å²) in [6, 6.07) is 0.569. The van der Waals surface area contributed by atoms with Gasteiger partial charge < -0.3 is 4.74 Å². The lowest BCUT2D eigenvalue weighted by Gasteiger charge is -2.14. The van der Waals surface area contributed by atoms with E-state index in [1.807, 2.05) is 0 Å². The van der Waals surface area contributed by atoms with Gasteiger partial charge in [0, 0.05) is 6.20 Å². The van der Waals surface area contributed by atoms with Gasteiger partial charge in [0.05, 0.1) is 22.9 Å². The second kappa shape index (κ2) is 6.71. The number of hydrogen-bond donors (Lipinski definition) is 0. The van der Waals surface area contributed by atoms with Gasteiger partial charge in [0.1, 0.15) is 0 Å². The molecule has 24 heavy (non-hydrogen) atoms. The van der Waals surface area contributed by atoms with E-state index in [0.717, 1.165) is 0 Å². The fourth-order valence-corrected chi connectivity index (χ4v) is 2.62. The van der Waals surface area contributed by atoms with Crippen LogP contribution in [0.15, 0.2) is 12.3 Å². The van der Waals surface area contributed by atoms with Crippen molar-refractivity contribution < 1.29 is 31.5 Å². The lowest BCUT2D eigenvalue weighted by molar-refractivity contribution is -0.140. The summed E-state index contributed by atoms with van der Waals surface area (Å²) in [5.41, 5.74) is -1.58. The molecule has 2 aromatic heterocycles. The maximum Gasteiger partial charge on any atom is 0.417 e. The maximum absolute atomic E-state index is 14.2. The molecule has 2 aromatic rings. The highest BCUT2D eigenvalue weighted by Gasteiger charge is 2.40. The third kappa shape index (κ3) is 3.89. The molecule has 0 aliphatic rings. The Balaban J connectivity index is 2.41. The van der Waals surface area contributed by atoms with Gasteiger partial charge in [-0.15, -0.1) is 10.2 Å². The Kier molecular flexibility index (Phi) is 5.23. The van der Waals surface area contributed by atoms with Crippen LogP contribution in [-0.4, -0.2) is 32.9 Å². The molecule has 12 heteroatoms. The van der Waals surface area contributed by atoms with E-state index in [-0.39, 0.29) is 24.0 Å². The quantitative estimate of drug-likeness (QED) is 0.576. The number of alkyl halides is 5. The summed E-state index contributed by atoms with van der Waals surface area (Å²) in [6.45, 7) is 1.52. The summed E-state index contributed by atoms with van der Waals surface area (Å²) < 4.78 is 71.8. The molecular formula is C12H9ClF5N3O2S. The van der Waals surface area contributed by atoms with E-state index >= 15 is 0 Å². The van der Waals surface area contributed by atoms with Crippen LogP contribution < -0.4 is 0 Å². The van der Waals surface area contributed by atoms with Crippen LogP contribution in [0, 0.1) is 0 Å². The maximum atomic E-state index is 14.2. The van der Waals surface area contributed by atoms with Gasteiger partial charge in [-0.25, -0.2) is 0 Å². The molecule has 5 nitrogen and oxygen atoms in total. The average Bonchev–Trinajstić information content (AvgIpc) is 2.90. The summed E-state index contributed by atoms with van der Waals surface area (Å²) in [5, 5.41) is 2.33. The molecule has 0 atom stereocenters. The minimum atomic E-state index is -4.78. The third-order valence-electron chi connectivity index (χ3n) is 2.72. The van der Waals surface area contributed by atoms with Crippen LogP contribution in [0.25, 0.3) is 5.65 Å². The Labute approximate surface area is 141 Å². The predicted molar refractivity (Wildman–Crippen MR) is 76.0 cm³/mol. The van der Waals surface area contributed by atoms with Crippen LogP contribution in [0.1, 0.15) is 18.3 Å². The van der Waals surface area contributed by atoms with Crippen molar-refractivity contribution in [2.24, 2.45) is 0 Å². The van der Waals surface area contributed by atoms with Gasteiger partial charge in [-0.1, -0.05) is 23.4 Å². The summed E-state index contributed by atoms with van der Waals surface area (Å²) in [6.07, 6.45) is -4.36. The first-order valence-electron chi connectivity index (χ1n) is 6.35. The summed E-state index contributed by atoms with van der Waals surface area (Å²) in [7, 11) is 0. The first-order valence-corrected chi connectivity index (χ1v) is 7.72. The smallest absolute Gasteiger partial charge is 0.417 e. The minimum absolute atomic E-state index is 0.0172. The largest absolute Gasteiger partial charge is 0.465 e. The van der Waals surface area contributed by atoms with Crippen LogP contribution in [0.4, 0.5) is 22.0 Å². The number of aromatic nitrogens is 3. The number of ether oxygens (including phenoxy) is 1. The lowest BCUT2D eigenvalue weighted by atomic mass is 10.3. The zero-order chi connectivity index (χ0) is 18.1. The SMILES string of the molecule is CCOC(=O)CSC(F)(F)c1nnc2c(Cl)cc(C(F)(F)F)cn12. The van der Waals surface area contributed by atoms with Crippen molar-refractivity contribution in [1.29, 1.82) is 0 Å². The van der Waals surface area contributed by atoms with E-state index in [9.17, 15) is 26.7 Å². The summed E-state index contributed by atoms with van der Waals surface area (Å²) in [4.78, 5) is 11.2. The monoisotopic (exact) mass is 389 g/mol. The number of fused-ring (bicyclic) bond motifs is 1. The van der Waals surface area contributed by atoms with Crippen LogP contribution in [0.5, 0.6) is 0 Å². The molecule has 0 saturated carbocycles. The van der Waals surface area contributed by atoms with Gasteiger partial charge in [0.2, 0.25) is 5.82 Å². The van der Waals surface area contributed by atoms with Crippen molar-refractivity contribution >= 4 is 35.0 Å². The predicted octanol–water partition coefficient (Wildman–Crippen LogP) is 3.75. The second-order valence-corrected chi connectivity index (χ2v) is 5.90. The number of halogens is 6.